The molecule has 0 heterocycles. The Bertz CT molecular complexity index is 3510. The Hall–Kier alpha value is -4.40. The van der Waals surface area contributed by atoms with E-state index in [1.807, 2.05) is 0 Å². The molecule has 0 fully saturated rings. The lowest BCUT2D eigenvalue weighted by Crippen LogP contribution is -2.29. The van der Waals surface area contributed by atoms with Crippen LogP contribution in [0.2, 0.25) is 0 Å². The molecule has 8 heteroatoms. The molecule has 0 unspecified atom stereocenters. The highest BCUT2D eigenvalue weighted by Crippen LogP contribution is 2.44. The molecule has 0 saturated heterocycles. The van der Waals surface area contributed by atoms with Crippen LogP contribution in [0.5, 0.6) is 23.0 Å². The van der Waals surface area contributed by atoms with Crippen LogP contribution in [0.3, 0.4) is 0 Å². The Morgan fingerprint density at radius 2 is 0.528 bits per heavy atom. The number of nitrogens with zero attached hydrogens (tertiary/aromatic N) is 2. The Labute approximate surface area is 664 Å². The van der Waals surface area contributed by atoms with E-state index >= 15 is 0 Å². The second kappa shape index (κ2) is 57.6. The van der Waals surface area contributed by atoms with Gasteiger partial charge >= 0.3 is 0 Å². The summed E-state index contributed by atoms with van der Waals surface area (Å²) in [6, 6.07) is 31.1. The zero-order valence-corrected chi connectivity index (χ0v) is 71.4. The van der Waals surface area contributed by atoms with Crippen LogP contribution in [-0.4, -0.2) is 26.4 Å². The molecule has 0 N–H and O–H groups in total. The van der Waals surface area contributed by atoms with Crippen molar-refractivity contribution < 1.29 is 18.9 Å². The number of rotatable bonds is 68. The van der Waals surface area contributed by atoms with Crippen molar-refractivity contribution in [3.05, 3.63) is 116 Å². The monoisotopic (exact) mass is 1580 g/mol. The van der Waals surface area contributed by atoms with Gasteiger partial charge in [0.1, 0.15) is 0 Å². The molecular formula is C98H150Br2N2O4. The van der Waals surface area contributed by atoms with Gasteiger partial charge in [0, 0.05) is 26.0 Å². The van der Waals surface area contributed by atoms with Gasteiger partial charge in [-0.2, -0.15) is 0 Å². The average Bonchev–Trinajstić information content (AvgIpc) is 0.705. The summed E-state index contributed by atoms with van der Waals surface area (Å²) in [5, 5.41) is 11.3. The molecule has 0 saturated carbocycles. The molecular weight excluding hydrogens is 1430 g/mol. The van der Waals surface area contributed by atoms with Gasteiger partial charge in [-0.15, -0.1) is 0 Å². The Kier molecular flexibility index (Phi) is 48.3. The molecule has 0 aromatic heterocycles. The summed E-state index contributed by atoms with van der Waals surface area (Å²) in [4.78, 5) is 11.4. The van der Waals surface area contributed by atoms with Crippen LogP contribution in [0, 0.1) is 0 Å². The summed E-state index contributed by atoms with van der Waals surface area (Å²) in [7, 11) is 0. The first kappa shape index (κ1) is 88.8. The molecule has 0 aliphatic rings. The van der Waals surface area contributed by atoms with Crippen LogP contribution in [-0.2, 0) is 13.1 Å². The van der Waals surface area contributed by atoms with Crippen LogP contribution < -0.4 is 29.7 Å². The predicted octanol–water partition coefficient (Wildman–Crippen LogP) is 32.3. The number of hydrogen-bond acceptors (Lipinski definition) is 6. The third-order valence-electron chi connectivity index (χ3n) is 22.6. The minimum atomic E-state index is 0.454. The van der Waals surface area contributed by atoms with E-state index in [4.69, 9.17) is 28.9 Å². The van der Waals surface area contributed by atoms with Gasteiger partial charge in [0.25, 0.3) is 0 Å². The molecule has 0 aliphatic carbocycles. The first-order chi connectivity index (χ1) is 52.5. The lowest BCUT2D eigenvalue weighted by molar-refractivity contribution is 0.258. The Morgan fingerprint density at radius 3 is 0.868 bits per heavy atom. The van der Waals surface area contributed by atoms with E-state index in [1.54, 1.807) is 0 Å². The van der Waals surface area contributed by atoms with E-state index in [2.05, 4.69) is 144 Å². The van der Waals surface area contributed by atoms with Crippen molar-refractivity contribution in [1.29, 1.82) is 0 Å². The fourth-order valence-corrected chi connectivity index (χ4v) is 17.4. The lowest BCUT2D eigenvalue weighted by Gasteiger charge is -2.17. The number of fused-ring (bicyclic) bond motifs is 2. The Morgan fingerprint density at radius 1 is 0.245 bits per heavy atom. The van der Waals surface area contributed by atoms with E-state index in [0.717, 1.165) is 84.9 Å². The third-order valence-corrected chi connectivity index (χ3v) is 24.1. The van der Waals surface area contributed by atoms with E-state index < -0.39 is 0 Å². The fourth-order valence-electron chi connectivity index (χ4n) is 16.1. The van der Waals surface area contributed by atoms with Gasteiger partial charge in [-0.1, -0.05) is 432 Å². The summed E-state index contributed by atoms with van der Waals surface area (Å²) in [5.74, 6) is 3.35. The average molecular weight is 1580 g/mol. The fraction of sp³-hybridized carbons (Fsp3) is 0.673. The largest absolute Gasteiger partial charge is 0.490 e. The van der Waals surface area contributed by atoms with Crippen LogP contribution in [0.1, 0.15) is 398 Å². The first-order valence-corrected chi connectivity index (χ1v) is 46.7. The molecule has 0 radical (unpaired) electrons. The minimum Gasteiger partial charge on any atom is -0.490 e. The standard InChI is InChI=1S/C98H150Br2N2O4/c1-5-9-13-17-21-25-29-33-37-41-45-49-53-57-73-103-88-71-67-81(77-90(88)105-75-59-55-51-47-43-39-35-31-27-23-19-15-11-7-3)79-101-97-86-66-62-65-85-93(86)95(84-64-61-63-83-69-70-87(99)94(85)92(83)84)96(100)98(97)102-80-82-68-72-89(104-74-58-54-50-46-42-38-34-30-26-22-18-14-10-6-2)91(78-82)106-76-60-56-52-48-44-40-36-32-28-24-20-16-12-8-4/h61-72,77-78H,5-60,73-76,79-80H2,1-4H3. The maximum Gasteiger partial charge on any atom is 0.161 e. The van der Waals surface area contributed by atoms with Gasteiger partial charge in [-0.3, -0.25) is 9.98 Å². The topological polar surface area (TPSA) is 61.6 Å². The van der Waals surface area contributed by atoms with E-state index in [1.165, 1.54) is 372 Å². The molecule has 7 aromatic rings. The summed E-state index contributed by atoms with van der Waals surface area (Å²) in [6.45, 7) is 12.9. The van der Waals surface area contributed by atoms with Crippen molar-refractivity contribution in [3.8, 4) is 23.0 Å². The molecule has 0 aliphatic heterocycles. The molecule has 0 atom stereocenters. The van der Waals surface area contributed by atoms with Crippen molar-refractivity contribution in [2.24, 2.45) is 9.98 Å². The van der Waals surface area contributed by atoms with E-state index in [9.17, 15) is 0 Å². The van der Waals surface area contributed by atoms with Gasteiger partial charge in [0.15, 0.2) is 23.0 Å². The SMILES string of the molecule is CCCCCCCCCCCCCCCCOc1ccc(CN=c2c(Br)c3c4cccc5ccc(Br)c(c6cccc(c2=NCc2ccc(OCCCCCCCCCCCCCCCC)c(OCCCCCCCCCCCCCCCC)c2)c63)c54)cc1OCCCCCCCCCCCCCCCC. The van der Waals surface area contributed by atoms with Crippen LogP contribution in [0.25, 0.3) is 43.1 Å². The molecule has 0 bridgehead atoms. The highest BCUT2D eigenvalue weighted by atomic mass is 79.9. The summed E-state index contributed by atoms with van der Waals surface area (Å²) in [5.41, 5.74) is 2.17. The highest BCUT2D eigenvalue weighted by molar-refractivity contribution is 9.11. The highest BCUT2D eigenvalue weighted by Gasteiger charge is 2.21. The van der Waals surface area contributed by atoms with Gasteiger partial charge in [0.05, 0.1) is 54.7 Å². The van der Waals surface area contributed by atoms with E-state index in [-0.39, 0.29) is 0 Å². The number of hydrogen-bond donors (Lipinski definition) is 0. The van der Waals surface area contributed by atoms with E-state index in [0.29, 0.717) is 39.5 Å². The number of halogens is 2. The normalized spacial score (nSPS) is 12.2. The van der Waals surface area contributed by atoms with Crippen molar-refractivity contribution in [1.82, 2.24) is 0 Å². The van der Waals surface area contributed by atoms with Crippen molar-refractivity contribution in [2.75, 3.05) is 26.4 Å². The lowest BCUT2D eigenvalue weighted by atomic mass is 9.89. The van der Waals surface area contributed by atoms with Crippen LogP contribution in [0.15, 0.2) is 104 Å². The number of benzene rings is 7. The minimum absolute atomic E-state index is 0.454. The maximum atomic E-state index is 6.78. The summed E-state index contributed by atoms with van der Waals surface area (Å²) >= 11 is 8.37. The number of unbranched alkanes of at least 4 members (excludes halogenated alkanes) is 52. The zero-order chi connectivity index (χ0) is 74.4. The molecule has 7 aromatic carbocycles. The Balaban J connectivity index is 1.08. The van der Waals surface area contributed by atoms with Crippen LogP contribution in [0.4, 0.5) is 0 Å². The number of ether oxygens (including phenoxy) is 4. The van der Waals surface area contributed by atoms with Gasteiger partial charge in [-0.25, -0.2) is 0 Å². The van der Waals surface area contributed by atoms with Gasteiger partial charge in [-0.05, 0) is 105 Å². The second-order valence-corrected chi connectivity index (χ2v) is 33.6. The molecule has 6 nitrogen and oxygen atoms in total. The summed E-state index contributed by atoms with van der Waals surface area (Å²) in [6.07, 6.45) is 75.0. The molecule has 0 amide bonds. The van der Waals surface area contributed by atoms with Crippen molar-refractivity contribution in [2.45, 2.75) is 400 Å². The van der Waals surface area contributed by atoms with Gasteiger partial charge < -0.3 is 18.9 Å². The molecule has 0 spiro atoms. The smallest absolute Gasteiger partial charge is 0.161 e. The first-order valence-electron chi connectivity index (χ1n) is 45.1. The van der Waals surface area contributed by atoms with Crippen LogP contribution >= 0.6 is 31.9 Å². The summed E-state index contributed by atoms with van der Waals surface area (Å²) < 4.78 is 28.9. The molecule has 7 rings (SSSR count). The van der Waals surface area contributed by atoms with Crippen molar-refractivity contribution >= 4 is 74.9 Å². The van der Waals surface area contributed by atoms with Gasteiger partial charge in [0.2, 0.25) is 0 Å². The molecule has 590 valence electrons. The maximum absolute atomic E-state index is 6.78. The quantitative estimate of drug-likeness (QED) is 0.0217. The van der Waals surface area contributed by atoms with Crippen molar-refractivity contribution in [3.63, 3.8) is 0 Å². The second-order valence-electron chi connectivity index (χ2n) is 31.9. The zero-order valence-electron chi connectivity index (χ0n) is 68.2. The third kappa shape index (κ3) is 34.1. The molecule has 106 heavy (non-hydrogen) atoms. The predicted molar refractivity (Wildman–Crippen MR) is 469 cm³/mol.